The number of anilines is 1. The zero-order valence-corrected chi connectivity index (χ0v) is 10.9. The summed E-state index contributed by atoms with van der Waals surface area (Å²) in [4.78, 5) is 0. The molecule has 1 saturated carbocycles. The Morgan fingerprint density at radius 2 is 1.89 bits per heavy atom. The van der Waals surface area contributed by atoms with Crippen LogP contribution in [-0.2, 0) is 10.0 Å². The van der Waals surface area contributed by atoms with Crippen LogP contribution in [0.25, 0.3) is 0 Å². The molecule has 1 heterocycles. The molecule has 0 amide bonds. The Labute approximate surface area is 107 Å². The summed E-state index contributed by atoms with van der Waals surface area (Å²) in [5.41, 5.74) is 1.40. The van der Waals surface area contributed by atoms with Crippen molar-refractivity contribution >= 4 is 15.7 Å². The summed E-state index contributed by atoms with van der Waals surface area (Å²) in [6, 6.07) is 7.28. The van der Waals surface area contributed by atoms with E-state index in [9.17, 15) is 13.5 Å². The largest absolute Gasteiger partial charge is 0.388 e. The molecule has 0 aromatic heterocycles. The van der Waals surface area contributed by atoms with E-state index in [0.29, 0.717) is 25.1 Å². The summed E-state index contributed by atoms with van der Waals surface area (Å²) in [5.74, 6) is 0. The third-order valence-corrected chi connectivity index (χ3v) is 5.96. The number of para-hydroxylation sites is 1. The van der Waals surface area contributed by atoms with E-state index < -0.39 is 16.1 Å². The van der Waals surface area contributed by atoms with Gasteiger partial charge in [-0.1, -0.05) is 18.2 Å². The molecule has 18 heavy (non-hydrogen) atoms. The van der Waals surface area contributed by atoms with Crippen molar-refractivity contribution in [2.45, 2.75) is 37.0 Å². The Balaban J connectivity index is 2.08. The molecule has 4 nitrogen and oxygen atoms in total. The van der Waals surface area contributed by atoms with Crippen LogP contribution in [0, 0.1) is 0 Å². The molecule has 0 radical (unpaired) electrons. The number of benzene rings is 1. The van der Waals surface area contributed by atoms with E-state index in [2.05, 4.69) is 0 Å². The molecular formula is C13H17NO3S. The van der Waals surface area contributed by atoms with Gasteiger partial charge in [0.15, 0.2) is 0 Å². The SMILES string of the molecule is O=S(=O)(C1CC1)N1CCCC(O)c2ccccc21. The van der Waals surface area contributed by atoms with Gasteiger partial charge in [-0.05, 0) is 31.7 Å². The lowest BCUT2D eigenvalue weighted by molar-refractivity contribution is 0.168. The molecule has 5 heteroatoms. The van der Waals surface area contributed by atoms with Crippen LogP contribution in [-0.4, -0.2) is 25.3 Å². The van der Waals surface area contributed by atoms with Gasteiger partial charge in [-0.2, -0.15) is 0 Å². The Kier molecular flexibility index (Phi) is 2.83. The molecule has 2 aliphatic rings. The summed E-state index contributed by atoms with van der Waals surface area (Å²) >= 11 is 0. The average molecular weight is 267 g/mol. The van der Waals surface area contributed by atoms with Crippen molar-refractivity contribution in [3.05, 3.63) is 29.8 Å². The van der Waals surface area contributed by atoms with E-state index in [1.807, 2.05) is 18.2 Å². The lowest BCUT2D eigenvalue weighted by Gasteiger charge is -2.24. The molecule has 0 saturated heterocycles. The standard InChI is InChI=1S/C13H17NO3S/c15-13-6-3-9-14(18(16,17)10-7-8-10)12-5-2-1-4-11(12)13/h1-2,4-5,10,13,15H,3,6-9H2. The van der Waals surface area contributed by atoms with E-state index in [1.54, 1.807) is 6.07 Å². The highest BCUT2D eigenvalue weighted by molar-refractivity contribution is 7.93. The first-order valence-corrected chi connectivity index (χ1v) is 7.89. The van der Waals surface area contributed by atoms with Gasteiger partial charge in [0.05, 0.1) is 17.0 Å². The van der Waals surface area contributed by atoms with Gasteiger partial charge in [0.1, 0.15) is 0 Å². The summed E-state index contributed by atoms with van der Waals surface area (Å²) in [7, 11) is -3.23. The van der Waals surface area contributed by atoms with E-state index in [-0.39, 0.29) is 5.25 Å². The third-order valence-electron chi connectivity index (χ3n) is 3.66. The Bertz CT molecular complexity index is 551. The van der Waals surface area contributed by atoms with Gasteiger partial charge in [0.25, 0.3) is 0 Å². The summed E-state index contributed by atoms with van der Waals surface area (Å²) < 4.78 is 26.3. The summed E-state index contributed by atoms with van der Waals surface area (Å²) in [6.07, 6.45) is 2.29. The Morgan fingerprint density at radius 1 is 1.17 bits per heavy atom. The highest BCUT2D eigenvalue weighted by atomic mass is 32.2. The first-order valence-electron chi connectivity index (χ1n) is 6.39. The summed E-state index contributed by atoms with van der Waals surface area (Å²) in [6.45, 7) is 0.479. The third kappa shape index (κ3) is 1.91. The van der Waals surface area contributed by atoms with E-state index in [1.165, 1.54) is 4.31 Å². The van der Waals surface area contributed by atoms with Crippen molar-refractivity contribution in [2.75, 3.05) is 10.8 Å². The number of hydrogen-bond donors (Lipinski definition) is 1. The van der Waals surface area contributed by atoms with Crippen LogP contribution in [0.5, 0.6) is 0 Å². The van der Waals surface area contributed by atoms with Crippen LogP contribution in [0.2, 0.25) is 0 Å². The maximum atomic E-state index is 12.4. The zero-order valence-electron chi connectivity index (χ0n) is 10.1. The minimum absolute atomic E-state index is 0.208. The van der Waals surface area contributed by atoms with Crippen LogP contribution in [0.4, 0.5) is 5.69 Å². The van der Waals surface area contributed by atoms with E-state index >= 15 is 0 Å². The number of rotatable bonds is 2. The number of aliphatic hydroxyl groups is 1. The molecule has 1 aliphatic heterocycles. The lowest BCUT2D eigenvalue weighted by atomic mass is 10.1. The maximum absolute atomic E-state index is 12.4. The predicted octanol–water partition coefficient (Wildman–Crippen LogP) is 1.81. The van der Waals surface area contributed by atoms with Crippen LogP contribution in [0.15, 0.2) is 24.3 Å². The van der Waals surface area contributed by atoms with Crippen molar-refractivity contribution < 1.29 is 13.5 Å². The van der Waals surface area contributed by atoms with Gasteiger partial charge in [0.2, 0.25) is 10.0 Å². The predicted molar refractivity (Wildman–Crippen MR) is 69.9 cm³/mol. The number of aliphatic hydroxyl groups excluding tert-OH is 1. The molecule has 1 aromatic carbocycles. The molecular weight excluding hydrogens is 250 g/mol. The van der Waals surface area contributed by atoms with Gasteiger partial charge in [-0.3, -0.25) is 4.31 Å². The second-order valence-corrected chi connectivity index (χ2v) is 7.17. The normalized spacial score (nSPS) is 24.5. The van der Waals surface area contributed by atoms with E-state index in [0.717, 1.165) is 18.4 Å². The minimum Gasteiger partial charge on any atom is -0.388 e. The van der Waals surface area contributed by atoms with Gasteiger partial charge in [-0.15, -0.1) is 0 Å². The van der Waals surface area contributed by atoms with Gasteiger partial charge < -0.3 is 5.11 Å². The lowest BCUT2D eigenvalue weighted by Crippen LogP contribution is -2.34. The average Bonchev–Trinajstić information content (AvgIpc) is 3.17. The van der Waals surface area contributed by atoms with Crippen LogP contribution in [0.3, 0.4) is 0 Å². The van der Waals surface area contributed by atoms with Crippen molar-refractivity contribution in [3.8, 4) is 0 Å². The molecule has 1 fully saturated rings. The zero-order chi connectivity index (χ0) is 12.8. The van der Waals surface area contributed by atoms with E-state index in [4.69, 9.17) is 0 Å². The molecule has 98 valence electrons. The van der Waals surface area contributed by atoms with Gasteiger partial charge >= 0.3 is 0 Å². The fourth-order valence-corrected chi connectivity index (χ4v) is 4.43. The topological polar surface area (TPSA) is 57.6 Å². The summed E-state index contributed by atoms with van der Waals surface area (Å²) in [5, 5.41) is 9.85. The second kappa shape index (κ2) is 4.24. The molecule has 1 N–H and O–H groups in total. The number of sulfonamides is 1. The monoisotopic (exact) mass is 267 g/mol. The van der Waals surface area contributed by atoms with Crippen molar-refractivity contribution in [3.63, 3.8) is 0 Å². The van der Waals surface area contributed by atoms with Crippen LogP contribution in [0.1, 0.15) is 37.4 Å². The molecule has 3 rings (SSSR count). The van der Waals surface area contributed by atoms with Crippen molar-refractivity contribution in [1.82, 2.24) is 0 Å². The van der Waals surface area contributed by atoms with Gasteiger partial charge in [-0.25, -0.2) is 8.42 Å². The van der Waals surface area contributed by atoms with Crippen molar-refractivity contribution in [1.29, 1.82) is 0 Å². The molecule has 0 bridgehead atoms. The quantitative estimate of drug-likeness (QED) is 0.889. The molecule has 1 aromatic rings. The smallest absolute Gasteiger partial charge is 0.238 e. The maximum Gasteiger partial charge on any atom is 0.238 e. The van der Waals surface area contributed by atoms with Crippen molar-refractivity contribution in [2.24, 2.45) is 0 Å². The van der Waals surface area contributed by atoms with Gasteiger partial charge in [0, 0.05) is 12.1 Å². The fourth-order valence-electron chi connectivity index (χ4n) is 2.51. The molecule has 1 aliphatic carbocycles. The Morgan fingerprint density at radius 3 is 2.61 bits per heavy atom. The number of fused-ring (bicyclic) bond motifs is 1. The number of nitrogens with zero attached hydrogens (tertiary/aromatic N) is 1. The first-order chi connectivity index (χ1) is 8.60. The van der Waals surface area contributed by atoms with Crippen LogP contribution < -0.4 is 4.31 Å². The fraction of sp³-hybridized carbons (Fsp3) is 0.538. The minimum atomic E-state index is -3.23. The first kappa shape index (κ1) is 12.0. The molecule has 0 spiro atoms. The Hall–Kier alpha value is -1.07. The highest BCUT2D eigenvalue weighted by Gasteiger charge is 2.41. The molecule has 1 atom stereocenters. The van der Waals surface area contributed by atoms with Crippen LogP contribution >= 0.6 is 0 Å². The number of hydrogen-bond acceptors (Lipinski definition) is 3. The highest BCUT2D eigenvalue weighted by Crippen LogP contribution is 2.39. The second-order valence-electron chi connectivity index (χ2n) is 5.03. The molecule has 1 unspecified atom stereocenters.